The van der Waals surface area contributed by atoms with Gasteiger partial charge in [0.15, 0.2) is 0 Å². The van der Waals surface area contributed by atoms with Gasteiger partial charge in [0.1, 0.15) is 0 Å². The third kappa shape index (κ3) is 4.84. The monoisotopic (exact) mass is 512 g/mol. The van der Waals surface area contributed by atoms with Gasteiger partial charge < -0.3 is 9.47 Å². The lowest BCUT2D eigenvalue weighted by Gasteiger charge is -2.17. The Morgan fingerprint density at radius 3 is 1.19 bits per heavy atom. The van der Waals surface area contributed by atoms with Crippen molar-refractivity contribution in [2.75, 3.05) is 13.2 Å². The molecule has 0 saturated carbocycles. The standard InChI is InChI=1S/C24H18F6N2O4/c25-23(26,27)21(13-31-21)17-7-3-15(4-8-17)19(33)35-11-1-2-12-36-20(34)16-5-9-18(10-6-16)22(14-32-22)24(28,29)30/h3-10,13-14H,1-2,11-12H2. The molecular formula is C24H18F6N2O4. The number of unbranched alkanes of at least 4 members (excludes halogenated alkanes) is 1. The molecule has 4 rings (SSSR count). The highest BCUT2D eigenvalue weighted by Gasteiger charge is 2.62. The molecule has 0 amide bonds. The molecule has 2 aromatic carbocycles. The number of halogens is 6. The topological polar surface area (TPSA) is 77.3 Å². The fourth-order valence-corrected chi connectivity index (χ4v) is 3.47. The number of hydrogen-bond donors (Lipinski definition) is 0. The number of esters is 2. The summed E-state index contributed by atoms with van der Waals surface area (Å²) in [5, 5.41) is 0. The third-order valence-corrected chi connectivity index (χ3v) is 5.77. The summed E-state index contributed by atoms with van der Waals surface area (Å²) in [6.07, 6.45) is -6.82. The molecule has 0 spiro atoms. The summed E-state index contributed by atoms with van der Waals surface area (Å²) in [4.78, 5) is 30.8. The van der Waals surface area contributed by atoms with E-state index in [4.69, 9.17) is 9.47 Å². The van der Waals surface area contributed by atoms with Crippen molar-refractivity contribution in [2.45, 2.75) is 36.3 Å². The minimum Gasteiger partial charge on any atom is -0.462 e. The smallest absolute Gasteiger partial charge is 0.422 e. The van der Waals surface area contributed by atoms with E-state index in [1.54, 1.807) is 0 Å². The van der Waals surface area contributed by atoms with Crippen molar-refractivity contribution in [3.05, 3.63) is 70.8 Å². The van der Waals surface area contributed by atoms with Gasteiger partial charge in [-0.25, -0.2) is 9.59 Å². The molecule has 0 aromatic heterocycles. The molecule has 0 bridgehead atoms. The van der Waals surface area contributed by atoms with E-state index in [1.807, 2.05) is 0 Å². The Hall–Kier alpha value is -3.70. The van der Waals surface area contributed by atoms with Crippen LogP contribution in [0.2, 0.25) is 0 Å². The summed E-state index contributed by atoms with van der Waals surface area (Å²) in [6.45, 7) is -0.0239. The van der Waals surface area contributed by atoms with Crippen LogP contribution in [0.1, 0.15) is 44.7 Å². The van der Waals surface area contributed by atoms with Gasteiger partial charge in [-0.15, -0.1) is 0 Å². The van der Waals surface area contributed by atoms with Crippen molar-refractivity contribution in [3.63, 3.8) is 0 Å². The molecule has 2 heterocycles. The van der Waals surface area contributed by atoms with Crippen LogP contribution in [0.25, 0.3) is 0 Å². The first-order valence-corrected chi connectivity index (χ1v) is 10.7. The van der Waals surface area contributed by atoms with Crippen LogP contribution in [0.5, 0.6) is 0 Å². The predicted octanol–water partition coefficient (Wildman–Crippen LogP) is 5.16. The Kier molecular flexibility index (Phi) is 6.40. The molecule has 0 saturated heterocycles. The second kappa shape index (κ2) is 9.07. The Morgan fingerprint density at radius 2 is 0.944 bits per heavy atom. The van der Waals surface area contributed by atoms with Gasteiger partial charge in [0, 0.05) is 12.4 Å². The van der Waals surface area contributed by atoms with Gasteiger partial charge in [-0.3, -0.25) is 9.98 Å². The predicted molar refractivity (Wildman–Crippen MR) is 115 cm³/mol. The van der Waals surface area contributed by atoms with Gasteiger partial charge in [-0.2, -0.15) is 26.3 Å². The van der Waals surface area contributed by atoms with Gasteiger partial charge in [-0.05, 0) is 48.2 Å². The molecule has 2 unspecified atom stereocenters. The number of benzene rings is 2. The van der Waals surface area contributed by atoms with Gasteiger partial charge >= 0.3 is 24.3 Å². The quantitative estimate of drug-likeness (QED) is 0.264. The summed E-state index contributed by atoms with van der Waals surface area (Å²) in [6, 6.07) is 9.59. The second-order valence-corrected chi connectivity index (χ2v) is 8.18. The first-order valence-electron chi connectivity index (χ1n) is 10.7. The summed E-state index contributed by atoms with van der Waals surface area (Å²) in [5.41, 5.74) is -4.66. The van der Waals surface area contributed by atoms with Crippen molar-refractivity contribution in [2.24, 2.45) is 9.98 Å². The number of aliphatic imine (C=N–C) groups is 2. The highest BCUT2D eigenvalue weighted by atomic mass is 19.4. The van der Waals surface area contributed by atoms with E-state index < -0.39 is 35.4 Å². The minimum atomic E-state index is -4.55. The van der Waals surface area contributed by atoms with Crippen molar-refractivity contribution < 1.29 is 45.4 Å². The number of carbonyl (C=O) groups excluding carboxylic acids is 2. The Labute approximate surface area is 200 Å². The Bertz CT molecular complexity index is 1090. The minimum absolute atomic E-state index is 0.0119. The van der Waals surface area contributed by atoms with Gasteiger partial charge in [0.2, 0.25) is 11.1 Å². The van der Waals surface area contributed by atoms with Crippen molar-refractivity contribution in [1.82, 2.24) is 0 Å². The van der Waals surface area contributed by atoms with Gasteiger partial charge in [-0.1, -0.05) is 24.3 Å². The lowest BCUT2D eigenvalue weighted by atomic mass is 9.96. The molecular weight excluding hydrogens is 494 g/mol. The number of alkyl halides is 6. The SMILES string of the molecule is O=C(OCCCCOC(=O)c1ccc(C2(C(F)(F)F)C=N2)cc1)c1ccc(C2(C(F)(F)F)C=N2)cc1. The molecule has 0 N–H and O–H groups in total. The van der Waals surface area contributed by atoms with Gasteiger partial charge in [0.25, 0.3) is 0 Å². The van der Waals surface area contributed by atoms with Crippen LogP contribution >= 0.6 is 0 Å². The summed E-state index contributed by atoms with van der Waals surface area (Å²) in [5.74, 6) is -1.43. The third-order valence-electron chi connectivity index (χ3n) is 5.77. The van der Waals surface area contributed by atoms with Crippen molar-refractivity contribution >= 4 is 24.4 Å². The van der Waals surface area contributed by atoms with Crippen LogP contribution in [-0.4, -0.2) is 49.9 Å². The fourth-order valence-electron chi connectivity index (χ4n) is 3.47. The normalized spacial score (nSPS) is 22.3. The second-order valence-electron chi connectivity index (χ2n) is 8.18. The summed E-state index contributed by atoms with van der Waals surface area (Å²) < 4.78 is 88.5. The van der Waals surface area contributed by atoms with Crippen molar-refractivity contribution in [3.8, 4) is 0 Å². The zero-order valence-corrected chi connectivity index (χ0v) is 18.4. The first kappa shape index (κ1) is 25.4. The zero-order chi connectivity index (χ0) is 26.2. The van der Waals surface area contributed by atoms with E-state index in [9.17, 15) is 35.9 Å². The van der Waals surface area contributed by atoms with Crippen LogP contribution in [0.4, 0.5) is 26.3 Å². The summed E-state index contributed by atoms with van der Waals surface area (Å²) in [7, 11) is 0. The number of rotatable bonds is 9. The molecule has 6 nitrogen and oxygen atoms in total. The molecule has 0 radical (unpaired) electrons. The molecule has 2 aliphatic rings. The van der Waals surface area contributed by atoms with Crippen LogP contribution in [-0.2, 0) is 20.6 Å². The largest absolute Gasteiger partial charge is 0.462 e. The first-order chi connectivity index (χ1) is 16.9. The lowest BCUT2D eigenvalue weighted by molar-refractivity contribution is -0.156. The van der Waals surface area contributed by atoms with E-state index in [0.29, 0.717) is 12.8 Å². The summed E-state index contributed by atoms with van der Waals surface area (Å²) >= 11 is 0. The molecule has 2 aromatic rings. The molecule has 190 valence electrons. The van der Waals surface area contributed by atoms with E-state index in [2.05, 4.69) is 9.98 Å². The number of carbonyl (C=O) groups is 2. The maximum absolute atomic E-state index is 13.1. The van der Waals surface area contributed by atoms with E-state index in [0.717, 1.165) is 12.4 Å². The Balaban J connectivity index is 1.16. The highest BCUT2D eigenvalue weighted by Crippen LogP contribution is 2.48. The van der Waals surface area contributed by atoms with E-state index in [1.165, 1.54) is 48.5 Å². The molecule has 12 heteroatoms. The highest BCUT2D eigenvalue weighted by molar-refractivity contribution is 5.92. The van der Waals surface area contributed by atoms with Crippen LogP contribution in [0, 0.1) is 0 Å². The van der Waals surface area contributed by atoms with Crippen LogP contribution in [0.15, 0.2) is 58.5 Å². The molecule has 0 fully saturated rings. The molecule has 0 aliphatic carbocycles. The number of hydrogen-bond acceptors (Lipinski definition) is 6. The average molecular weight is 512 g/mol. The zero-order valence-electron chi connectivity index (χ0n) is 18.4. The Morgan fingerprint density at radius 1 is 0.639 bits per heavy atom. The maximum atomic E-state index is 13.1. The molecule has 36 heavy (non-hydrogen) atoms. The van der Waals surface area contributed by atoms with Crippen molar-refractivity contribution in [1.29, 1.82) is 0 Å². The average Bonchev–Trinajstić information content (AvgIpc) is 3.74. The maximum Gasteiger partial charge on any atom is 0.422 e. The molecule has 2 atom stereocenters. The molecule has 2 aliphatic heterocycles. The van der Waals surface area contributed by atoms with E-state index >= 15 is 0 Å². The lowest BCUT2D eigenvalue weighted by Crippen LogP contribution is -2.31. The fraction of sp³-hybridized carbons (Fsp3) is 0.333. The van der Waals surface area contributed by atoms with Crippen LogP contribution in [0.3, 0.4) is 0 Å². The van der Waals surface area contributed by atoms with Crippen LogP contribution < -0.4 is 0 Å². The number of nitrogens with zero attached hydrogens (tertiary/aromatic N) is 2. The number of ether oxygens (including phenoxy) is 2. The van der Waals surface area contributed by atoms with E-state index in [-0.39, 0.29) is 35.5 Å². The van der Waals surface area contributed by atoms with Gasteiger partial charge in [0.05, 0.1) is 24.3 Å².